The maximum absolute atomic E-state index is 9.85. The van der Waals surface area contributed by atoms with Crippen LogP contribution in [0.5, 0.6) is 0 Å². The van der Waals surface area contributed by atoms with E-state index >= 15 is 0 Å². The summed E-state index contributed by atoms with van der Waals surface area (Å²) in [6.45, 7) is 0.582. The van der Waals surface area contributed by atoms with Gasteiger partial charge in [-0.1, -0.05) is 22.6 Å². The number of hydrogen-bond acceptors (Lipinski definition) is 1. The van der Waals surface area contributed by atoms with E-state index in [-0.39, 0.29) is 0 Å². The molecule has 1 amide bonds. The summed E-state index contributed by atoms with van der Waals surface area (Å²) >= 11 is 2.27. The number of carbonyl (C=O) groups is 1. The van der Waals surface area contributed by atoms with Gasteiger partial charge >= 0.3 is 6.09 Å². The number of amides is 1. The van der Waals surface area contributed by atoms with Crippen molar-refractivity contribution in [3.8, 4) is 0 Å². The molecule has 0 rings (SSSR count). The van der Waals surface area contributed by atoms with Crippen LogP contribution in [-0.2, 0) is 0 Å². The van der Waals surface area contributed by atoms with Crippen LogP contribution in [-0.4, -0.2) is 22.2 Å². The SMILES string of the molecule is O=C(O)NCCCCI. The van der Waals surface area contributed by atoms with Crippen LogP contribution in [0.2, 0.25) is 0 Å². The molecule has 0 atom stereocenters. The average molecular weight is 243 g/mol. The fourth-order valence-electron chi connectivity index (χ4n) is 0.415. The molecule has 0 spiro atoms. The normalized spacial score (nSPS) is 9.00. The zero-order chi connectivity index (χ0) is 7.11. The topological polar surface area (TPSA) is 49.3 Å². The molecule has 0 saturated heterocycles. The van der Waals surface area contributed by atoms with Gasteiger partial charge in [0.05, 0.1) is 0 Å². The Morgan fingerprint density at radius 1 is 1.56 bits per heavy atom. The third-order valence-electron chi connectivity index (χ3n) is 0.837. The number of carboxylic acid groups (broad SMARTS) is 1. The van der Waals surface area contributed by atoms with Gasteiger partial charge in [-0.2, -0.15) is 0 Å². The van der Waals surface area contributed by atoms with Gasteiger partial charge in [0.2, 0.25) is 0 Å². The lowest BCUT2D eigenvalue weighted by molar-refractivity contribution is 0.194. The second-order valence-corrected chi connectivity index (χ2v) is 2.71. The fraction of sp³-hybridized carbons (Fsp3) is 0.800. The molecule has 0 bridgehead atoms. The van der Waals surface area contributed by atoms with Gasteiger partial charge in [-0.25, -0.2) is 4.79 Å². The number of nitrogens with one attached hydrogen (secondary N) is 1. The van der Waals surface area contributed by atoms with Crippen LogP contribution in [0, 0.1) is 0 Å². The maximum Gasteiger partial charge on any atom is 0.404 e. The van der Waals surface area contributed by atoms with Gasteiger partial charge in [0.1, 0.15) is 0 Å². The van der Waals surface area contributed by atoms with Gasteiger partial charge in [0.15, 0.2) is 0 Å². The highest BCUT2D eigenvalue weighted by molar-refractivity contribution is 14.1. The van der Waals surface area contributed by atoms with E-state index in [9.17, 15) is 4.79 Å². The number of alkyl halides is 1. The van der Waals surface area contributed by atoms with E-state index in [1.807, 2.05) is 0 Å². The largest absolute Gasteiger partial charge is 0.465 e. The van der Waals surface area contributed by atoms with E-state index < -0.39 is 6.09 Å². The van der Waals surface area contributed by atoms with Crippen molar-refractivity contribution in [2.45, 2.75) is 12.8 Å². The molecule has 0 heterocycles. The molecule has 3 nitrogen and oxygen atoms in total. The van der Waals surface area contributed by atoms with Gasteiger partial charge in [-0.3, -0.25) is 0 Å². The number of halogens is 1. The summed E-state index contributed by atoms with van der Waals surface area (Å²) in [5, 5.41) is 10.4. The molecule has 0 fully saturated rings. The molecule has 0 aliphatic carbocycles. The van der Waals surface area contributed by atoms with Crippen molar-refractivity contribution in [3.05, 3.63) is 0 Å². The summed E-state index contributed by atoms with van der Waals surface area (Å²) in [6.07, 6.45) is 1.10. The smallest absolute Gasteiger partial charge is 0.404 e. The van der Waals surface area contributed by atoms with E-state index in [0.29, 0.717) is 6.54 Å². The first-order valence-electron chi connectivity index (χ1n) is 2.80. The molecule has 0 aromatic carbocycles. The summed E-state index contributed by atoms with van der Waals surface area (Å²) < 4.78 is 1.10. The van der Waals surface area contributed by atoms with Crippen LogP contribution < -0.4 is 5.32 Å². The molecule has 0 aliphatic rings. The van der Waals surface area contributed by atoms with Crippen molar-refractivity contribution in [1.29, 1.82) is 0 Å². The average Bonchev–Trinajstić information content (AvgIpc) is 1.80. The zero-order valence-electron chi connectivity index (χ0n) is 5.06. The summed E-state index contributed by atoms with van der Waals surface area (Å²) in [5.74, 6) is 0. The molecular formula is C5H10INO2. The molecule has 0 unspecified atom stereocenters. The third-order valence-corrected chi connectivity index (χ3v) is 1.60. The van der Waals surface area contributed by atoms with Crippen LogP contribution in [0.3, 0.4) is 0 Å². The fourth-order valence-corrected chi connectivity index (χ4v) is 0.954. The highest BCUT2D eigenvalue weighted by atomic mass is 127. The van der Waals surface area contributed by atoms with Crippen LogP contribution in [0.15, 0.2) is 0 Å². The monoisotopic (exact) mass is 243 g/mol. The molecule has 0 radical (unpaired) electrons. The second-order valence-electron chi connectivity index (χ2n) is 1.63. The first-order valence-corrected chi connectivity index (χ1v) is 4.32. The van der Waals surface area contributed by atoms with Crippen LogP contribution >= 0.6 is 22.6 Å². The minimum atomic E-state index is -0.927. The predicted octanol–water partition coefficient (Wildman–Crippen LogP) is 1.47. The third kappa shape index (κ3) is 8.00. The highest BCUT2D eigenvalue weighted by Crippen LogP contribution is 1.91. The molecule has 0 aromatic rings. The van der Waals surface area contributed by atoms with Crippen molar-refractivity contribution in [2.75, 3.05) is 11.0 Å². The Morgan fingerprint density at radius 3 is 2.67 bits per heavy atom. The van der Waals surface area contributed by atoms with Crippen molar-refractivity contribution < 1.29 is 9.90 Å². The van der Waals surface area contributed by atoms with E-state index in [1.54, 1.807) is 0 Å². The standard InChI is InChI=1S/C5H10INO2/c6-3-1-2-4-7-5(8)9/h7H,1-4H2,(H,8,9). The molecule has 0 aliphatic heterocycles. The Labute approximate surface area is 68.0 Å². The Kier molecular flexibility index (Phi) is 6.12. The van der Waals surface area contributed by atoms with Crippen LogP contribution in [0.4, 0.5) is 4.79 Å². The zero-order valence-corrected chi connectivity index (χ0v) is 7.22. The minimum Gasteiger partial charge on any atom is -0.465 e. The molecule has 2 N–H and O–H groups in total. The summed E-state index contributed by atoms with van der Waals surface area (Å²) in [4.78, 5) is 9.85. The molecule has 0 saturated carbocycles. The first kappa shape index (κ1) is 9.00. The lowest BCUT2D eigenvalue weighted by Crippen LogP contribution is -2.21. The van der Waals surface area contributed by atoms with Crippen molar-refractivity contribution >= 4 is 28.7 Å². The van der Waals surface area contributed by atoms with Crippen molar-refractivity contribution in [1.82, 2.24) is 5.32 Å². The van der Waals surface area contributed by atoms with Gasteiger partial charge in [0, 0.05) is 6.54 Å². The first-order chi connectivity index (χ1) is 4.27. The Hall–Kier alpha value is 0. The number of hydrogen-bond donors (Lipinski definition) is 2. The van der Waals surface area contributed by atoms with Crippen LogP contribution in [0.25, 0.3) is 0 Å². The van der Waals surface area contributed by atoms with Crippen LogP contribution in [0.1, 0.15) is 12.8 Å². The number of unbranched alkanes of at least 4 members (excludes halogenated alkanes) is 1. The molecule has 54 valence electrons. The predicted molar refractivity (Wildman–Crippen MR) is 44.1 cm³/mol. The quantitative estimate of drug-likeness (QED) is 0.446. The second kappa shape index (κ2) is 6.12. The number of rotatable bonds is 4. The lowest BCUT2D eigenvalue weighted by atomic mass is 10.3. The van der Waals surface area contributed by atoms with Gasteiger partial charge < -0.3 is 10.4 Å². The summed E-state index contributed by atoms with van der Waals surface area (Å²) in [6, 6.07) is 0. The van der Waals surface area contributed by atoms with E-state index in [1.165, 1.54) is 0 Å². The van der Waals surface area contributed by atoms with Gasteiger partial charge in [0.25, 0.3) is 0 Å². The summed E-state index contributed by atoms with van der Waals surface area (Å²) in [7, 11) is 0. The van der Waals surface area contributed by atoms with Gasteiger partial charge in [-0.05, 0) is 17.3 Å². The molecular weight excluding hydrogens is 233 g/mol. The molecule has 4 heteroatoms. The highest BCUT2D eigenvalue weighted by Gasteiger charge is 1.90. The Bertz CT molecular complexity index is 87.0. The Morgan fingerprint density at radius 2 is 2.22 bits per heavy atom. The van der Waals surface area contributed by atoms with Crippen molar-refractivity contribution in [3.63, 3.8) is 0 Å². The maximum atomic E-state index is 9.85. The van der Waals surface area contributed by atoms with E-state index in [0.717, 1.165) is 17.3 Å². The molecule has 9 heavy (non-hydrogen) atoms. The molecule has 0 aromatic heterocycles. The minimum absolute atomic E-state index is 0.582. The summed E-state index contributed by atoms with van der Waals surface area (Å²) in [5.41, 5.74) is 0. The van der Waals surface area contributed by atoms with Crippen molar-refractivity contribution in [2.24, 2.45) is 0 Å². The lowest BCUT2D eigenvalue weighted by Gasteiger charge is -1.96. The Balaban J connectivity index is 2.83. The van der Waals surface area contributed by atoms with Gasteiger partial charge in [-0.15, -0.1) is 0 Å². The van der Waals surface area contributed by atoms with E-state index in [2.05, 4.69) is 27.9 Å². The van der Waals surface area contributed by atoms with E-state index in [4.69, 9.17) is 5.11 Å².